The summed E-state index contributed by atoms with van der Waals surface area (Å²) in [5, 5.41) is 13.6. The van der Waals surface area contributed by atoms with Gasteiger partial charge in [0, 0.05) is 11.4 Å². The fraction of sp³-hybridized carbons (Fsp3) is 0.545. The smallest absolute Gasteiger partial charge is 0.288 e. The molecule has 0 spiro atoms. The van der Waals surface area contributed by atoms with Crippen LogP contribution in [0.1, 0.15) is 29.4 Å². The van der Waals surface area contributed by atoms with Crippen LogP contribution in [0.25, 0.3) is 0 Å². The van der Waals surface area contributed by atoms with Gasteiger partial charge in [-0.15, -0.1) is 11.3 Å². The van der Waals surface area contributed by atoms with Gasteiger partial charge in [-0.05, 0) is 24.3 Å². The number of thioether (sulfide) groups is 1. The van der Waals surface area contributed by atoms with E-state index >= 15 is 0 Å². The molecule has 0 saturated heterocycles. The highest BCUT2D eigenvalue weighted by atomic mass is 32.2. The predicted octanol–water partition coefficient (Wildman–Crippen LogP) is 2.95. The Morgan fingerprint density at radius 1 is 1.61 bits per heavy atom. The fourth-order valence-corrected chi connectivity index (χ4v) is 2.91. The third-order valence-electron chi connectivity index (χ3n) is 2.29. The lowest BCUT2D eigenvalue weighted by molar-refractivity contribution is 0.0943. The van der Waals surface area contributed by atoms with Crippen molar-refractivity contribution < 1.29 is 18.7 Å². The zero-order valence-corrected chi connectivity index (χ0v) is 11.5. The summed E-state index contributed by atoms with van der Waals surface area (Å²) in [6.45, 7) is 2.19. The van der Waals surface area contributed by atoms with Gasteiger partial charge in [0.05, 0.1) is 6.10 Å². The van der Waals surface area contributed by atoms with Gasteiger partial charge in [0.1, 0.15) is 4.88 Å². The Kier molecular flexibility index (Phi) is 6.59. The summed E-state index contributed by atoms with van der Waals surface area (Å²) in [4.78, 5) is 12.3. The zero-order chi connectivity index (χ0) is 13.5. The predicted molar refractivity (Wildman–Crippen MR) is 69.4 cm³/mol. The molecule has 7 heteroatoms. The SMILES string of the molecule is CCC(O)CCNC(=O)c1sccc1SC(F)F. The molecule has 0 aliphatic rings. The quantitative estimate of drug-likeness (QED) is 0.760. The van der Waals surface area contributed by atoms with Gasteiger partial charge < -0.3 is 10.4 Å². The van der Waals surface area contributed by atoms with Crippen LogP contribution in [0.15, 0.2) is 16.3 Å². The molecule has 0 radical (unpaired) electrons. The minimum atomic E-state index is -2.53. The molecule has 3 nitrogen and oxygen atoms in total. The Labute approximate surface area is 113 Å². The van der Waals surface area contributed by atoms with Crippen molar-refractivity contribution in [1.29, 1.82) is 0 Å². The average Bonchev–Trinajstić information content (AvgIpc) is 2.75. The second kappa shape index (κ2) is 7.70. The Bertz CT molecular complexity index is 385. The van der Waals surface area contributed by atoms with Crippen molar-refractivity contribution in [2.75, 3.05) is 6.54 Å². The van der Waals surface area contributed by atoms with Crippen LogP contribution in [0.4, 0.5) is 8.78 Å². The van der Waals surface area contributed by atoms with Crippen LogP contribution >= 0.6 is 23.1 Å². The molecular formula is C11H15F2NO2S2. The first-order chi connectivity index (χ1) is 8.54. The van der Waals surface area contributed by atoms with Crippen LogP contribution in [0.3, 0.4) is 0 Å². The molecule has 1 rings (SSSR count). The van der Waals surface area contributed by atoms with Crippen LogP contribution < -0.4 is 5.32 Å². The van der Waals surface area contributed by atoms with Crippen molar-refractivity contribution in [3.63, 3.8) is 0 Å². The molecule has 1 amide bonds. The summed E-state index contributed by atoms with van der Waals surface area (Å²) in [5.74, 6) is -2.90. The van der Waals surface area contributed by atoms with Gasteiger partial charge in [0.15, 0.2) is 0 Å². The molecule has 0 saturated carbocycles. The summed E-state index contributed by atoms with van der Waals surface area (Å²) < 4.78 is 24.5. The van der Waals surface area contributed by atoms with Crippen molar-refractivity contribution >= 4 is 29.0 Å². The molecule has 1 atom stereocenters. The molecule has 0 aliphatic carbocycles. The second-order valence-electron chi connectivity index (χ2n) is 3.60. The molecule has 0 aliphatic heterocycles. The number of rotatable bonds is 7. The maximum Gasteiger partial charge on any atom is 0.288 e. The van der Waals surface area contributed by atoms with E-state index in [1.807, 2.05) is 6.92 Å². The first kappa shape index (κ1) is 15.4. The summed E-state index contributed by atoms with van der Waals surface area (Å²) in [5.41, 5.74) is 0. The lowest BCUT2D eigenvalue weighted by Crippen LogP contribution is -2.26. The van der Waals surface area contributed by atoms with Crippen molar-refractivity contribution in [3.05, 3.63) is 16.3 Å². The highest BCUT2D eigenvalue weighted by Gasteiger charge is 2.16. The summed E-state index contributed by atoms with van der Waals surface area (Å²) in [7, 11) is 0. The lowest BCUT2D eigenvalue weighted by atomic mass is 10.2. The van der Waals surface area contributed by atoms with Gasteiger partial charge in [0.25, 0.3) is 11.7 Å². The topological polar surface area (TPSA) is 49.3 Å². The Hall–Kier alpha value is -0.660. The fourth-order valence-electron chi connectivity index (χ4n) is 1.29. The van der Waals surface area contributed by atoms with Crippen LogP contribution in [-0.4, -0.2) is 29.4 Å². The van der Waals surface area contributed by atoms with Crippen LogP contribution in [-0.2, 0) is 0 Å². The van der Waals surface area contributed by atoms with Gasteiger partial charge in [0.2, 0.25) is 0 Å². The number of carbonyl (C=O) groups is 1. The van der Waals surface area contributed by atoms with E-state index in [0.717, 1.165) is 11.3 Å². The van der Waals surface area contributed by atoms with E-state index in [0.29, 0.717) is 40.9 Å². The van der Waals surface area contributed by atoms with Crippen LogP contribution in [0.5, 0.6) is 0 Å². The number of halogens is 2. The Morgan fingerprint density at radius 2 is 2.33 bits per heavy atom. The third-order valence-corrected chi connectivity index (χ3v) is 4.10. The van der Waals surface area contributed by atoms with Gasteiger partial charge in [-0.1, -0.05) is 18.7 Å². The summed E-state index contributed by atoms with van der Waals surface area (Å²) in [6, 6.07) is 1.51. The van der Waals surface area contributed by atoms with Crippen molar-refractivity contribution in [2.45, 2.75) is 36.5 Å². The number of carbonyl (C=O) groups excluding carboxylic acids is 1. The van der Waals surface area contributed by atoms with E-state index in [-0.39, 0.29) is 5.91 Å². The molecule has 18 heavy (non-hydrogen) atoms. The molecule has 1 aromatic heterocycles. The third kappa shape index (κ3) is 4.91. The number of thiophene rings is 1. The van der Waals surface area contributed by atoms with E-state index in [1.54, 1.807) is 5.38 Å². The normalized spacial score (nSPS) is 12.7. The molecule has 2 N–H and O–H groups in total. The number of hydrogen-bond acceptors (Lipinski definition) is 4. The minimum Gasteiger partial charge on any atom is -0.393 e. The van der Waals surface area contributed by atoms with Crippen molar-refractivity contribution in [1.82, 2.24) is 5.32 Å². The van der Waals surface area contributed by atoms with Gasteiger partial charge in [-0.25, -0.2) is 0 Å². The number of alkyl halides is 2. The van der Waals surface area contributed by atoms with E-state index in [1.165, 1.54) is 6.07 Å². The highest BCUT2D eigenvalue weighted by Crippen LogP contribution is 2.31. The minimum absolute atomic E-state index is 0.295. The average molecular weight is 295 g/mol. The van der Waals surface area contributed by atoms with Crippen LogP contribution in [0.2, 0.25) is 0 Å². The molecule has 0 bridgehead atoms. The number of aliphatic hydroxyl groups is 1. The van der Waals surface area contributed by atoms with E-state index < -0.39 is 11.9 Å². The number of aliphatic hydroxyl groups excluding tert-OH is 1. The maximum absolute atomic E-state index is 12.2. The number of nitrogens with one attached hydrogen (secondary N) is 1. The second-order valence-corrected chi connectivity index (χ2v) is 5.55. The molecule has 0 fully saturated rings. The van der Waals surface area contributed by atoms with Crippen molar-refractivity contribution in [3.8, 4) is 0 Å². The molecular weight excluding hydrogens is 280 g/mol. The Balaban J connectivity index is 2.48. The standard InChI is InChI=1S/C11H15F2NO2S2/c1-2-7(15)3-5-14-10(16)9-8(4-6-17-9)18-11(12)13/h4,6-7,11,15H,2-3,5H2,1H3,(H,14,16). The zero-order valence-electron chi connectivity index (χ0n) is 9.86. The monoisotopic (exact) mass is 295 g/mol. The summed E-state index contributed by atoms with van der Waals surface area (Å²) >= 11 is 1.51. The molecule has 102 valence electrons. The first-order valence-corrected chi connectivity index (χ1v) is 7.29. The Morgan fingerprint density at radius 3 is 2.94 bits per heavy atom. The van der Waals surface area contributed by atoms with Gasteiger partial charge in [-0.3, -0.25) is 4.79 Å². The molecule has 1 aromatic rings. The van der Waals surface area contributed by atoms with E-state index in [9.17, 15) is 18.7 Å². The molecule has 0 aromatic carbocycles. The molecule has 1 heterocycles. The van der Waals surface area contributed by atoms with Crippen LogP contribution in [0, 0.1) is 0 Å². The van der Waals surface area contributed by atoms with E-state index in [2.05, 4.69) is 5.32 Å². The first-order valence-electron chi connectivity index (χ1n) is 5.53. The van der Waals surface area contributed by atoms with Gasteiger partial charge in [-0.2, -0.15) is 8.78 Å². The molecule has 1 unspecified atom stereocenters. The van der Waals surface area contributed by atoms with Gasteiger partial charge >= 0.3 is 0 Å². The number of hydrogen-bond donors (Lipinski definition) is 2. The largest absolute Gasteiger partial charge is 0.393 e. The lowest BCUT2D eigenvalue weighted by Gasteiger charge is -2.08. The van der Waals surface area contributed by atoms with E-state index in [4.69, 9.17) is 0 Å². The highest BCUT2D eigenvalue weighted by molar-refractivity contribution is 7.99. The number of amides is 1. The maximum atomic E-state index is 12.2. The summed E-state index contributed by atoms with van der Waals surface area (Å²) in [6.07, 6.45) is 0.648. The van der Waals surface area contributed by atoms with Crippen molar-refractivity contribution in [2.24, 2.45) is 0 Å².